The zero-order chi connectivity index (χ0) is 20.6. The minimum atomic E-state index is -0.441. The Morgan fingerprint density at radius 2 is 1.76 bits per heavy atom. The largest absolute Gasteiger partial charge is 0.447 e. The lowest BCUT2D eigenvalue weighted by atomic mass is 9.73. The van der Waals surface area contributed by atoms with E-state index in [1.54, 1.807) is 29.5 Å². The van der Waals surface area contributed by atoms with Crippen molar-refractivity contribution in [1.29, 1.82) is 0 Å². The fraction of sp³-hybridized carbons (Fsp3) is 0.286. The number of aryl methyl sites for hydroxylation is 1. The van der Waals surface area contributed by atoms with Gasteiger partial charge in [0.25, 0.3) is 0 Å². The number of pyridine rings is 1. The molecule has 0 amide bonds. The van der Waals surface area contributed by atoms with Crippen LogP contribution in [0, 0.1) is 5.92 Å². The Labute approximate surface area is 168 Å². The summed E-state index contributed by atoms with van der Waals surface area (Å²) in [5, 5.41) is 4.21. The molecule has 29 heavy (non-hydrogen) atoms. The van der Waals surface area contributed by atoms with Crippen molar-refractivity contribution in [2.45, 2.75) is 26.2 Å². The molecule has 4 aromatic heterocycles. The van der Waals surface area contributed by atoms with E-state index in [-0.39, 0.29) is 11.9 Å². The van der Waals surface area contributed by atoms with Crippen LogP contribution in [0.4, 0.5) is 5.95 Å². The first kappa shape index (κ1) is 18.8. The van der Waals surface area contributed by atoms with Crippen molar-refractivity contribution in [1.82, 2.24) is 29.7 Å². The van der Waals surface area contributed by atoms with Gasteiger partial charge in [0.1, 0.15) is 12.0 Å². The molecule has 0 aliphatic heterocycles. The number of rotatable bonds is 5. The number of aromatic nitrogens is 6. The van der Waals surface area contributed by atoms with E-state index in [4.69, 9.17) is 15.1 Å². The Balaban J connectivity index is 1.70. The maximum Gasteiger partial charge on any atom is 0.219 e. The fourth-order valence-corrected chi connectivity index (χ4v) is 3.24. The summed E-state index contributed by atoms with van der Waals surface area (Å²) in [4.78, 5) is 17.5. The van der Waals surface area contributed by atoms with Crippen LogP contribution in [-0.4, -0.2) is 29.7 Å². The highest BCUT2D eigenvalue weighted by Gasteiger charge is 2.38. The van der Waals surface area contributed by atoms with Crippen LogP contribution in [0.25, 0.3) is 22.5 Å². The third-order valence-corrected chi connectivity index (χ3v) is 5.43. The molecule has 0 spiro atoms. The van der Waals surface area contributed by atoms with Gasteiger partial charge < -0.3 is 10.2 Å². The summed E-state index contributed by atoms with van der Waals surface area (Å²) in [6.07, 6.45) is 10.6. The molecular formula is C21H23N7O. The molecule has 0 aromatic carbocycles. The van der Waals surface area contributed by atoms with Crippen molar-refractivity contribution in [2.24, 2.45) is 13.0 Å². The molecule has 0 aliphatic rings. The maximum atomic E-state index is 5.93. The smallest absolute Gasteiger partial charge is 0.219 e. The number of hydrogen-bond donors (Lipinski definition) is 1. The molecule has 0 saturated heterocycles. The van der Waals surface area contributed by atoms with E-state index in [1.165, 1.54) is 0 Å². The SMILES string of the molecule is CC(C)C(C)(c1ccc(-c2cnc(N)nc2)nc1)c1nc(-c2cnn(C)c2)co1. The number of nitrogens with two attached hydrogens (primary N) is 1. The van der Waals surface area contributed by atoms with Crippen molar-refractivity contribution in [2.75, 3.05) is 5.73 Å². The Morgan fingerprint density at radius 1 is 1.00 bits per heavy atom. The molecule has 148 valence electrons. The van der Waals surface area contributed by atoms with Crippen LogP contribution in [0.1, 0.15) is 32.2 Å². The molecule has 1 atom stereocenters. The van der Waals surface area contributed by atoms with Gasteiger partial charge >= 0.3 is 0 Å². The summed E-state index contributed by atoms with van der Waals surface area (Å²) in [7, 11) is 1.88. The molecule has 2 N–H and O–H groups in total. The molecule has 0 aliphatic carbocycles. The Bertz CT molecular complexity index is 1110. The number of oxazole rings is 1. The third-order valence-electron chi connectivity index (χ3n) is 5.43. The van der Waals surface area contributed by atoms with Gasteiger partial charge in [-0.15, -0.1) is 0 Å². The molecule has 1 unspecified atom stereocenters. The van der Waals surface area contributed by atoms with Crippen molar-refractivity contribution >= 4 is 5.95 Å². The summed E-state index contributed by atoms with van der Waals surface area (Å²) >= 11 is 0. The fourth-order valence-electron chi connectivity index (χ4n) is 3.24. The highest BCUT2D eigenvalue weighted by atomic mass is 16.3. The van der Waals surface area contributed by atoms with E-state index in [2.05, 4.69) is 40.8 Å². The Kier molecular flexibility index (Phi) is 4.62. The summed E-state index contributed by atoms with van der Waals surface area (Å²) < 4.78 is 7.67. The van der Waals surface area contributed by atoms with Crippen molar-refractivity contribution in [3.8, 4) is 22.5 Å². The highest BCUT2D eigenvalue weighted by molar-refractivity contribution is 5.58. The topological polar surface area (TPSA) is 109 Å². The van der Waals surface area contributed by atoms with Crippen LogP contribution < -0.4 is 5.73 Å². The van der Waals surface area contributed by atoms with Crippen LogP contribution >= 0.6 is 0 Å². The highest BCUT2D eigenvalue weighted by Crippen LogP contribution is 2.39. The molecule has 4 aromatic rings. The van der Waals surface area contributed by atoms with Gasteiger partial charge in [0.05, 0.1) is 17.3 Å². The quantitative estimate of drug-likeness (QED) is 0.556. The predicted octanol–water partition coefficient (Wildman–Crippen LogP) is 3.47. The lowest BCUT2D eigenvalue weighted by molar-refractivity contribution is 0.312. The lowest BCUT2D eigenvalue weighted by Gasteiger charge is -2.30. The zero-order valence-corrected chi connectivity index (χ0v) is 16.9. The Morgan fingerprint density at radius 3 is 2.34 bits per heavy atom. The van der Waals surface area contributed by atoms with Crippen LogP contribution in [-0.2, 0) is 12.5 Å². The second-order valence-electron chi connectivity index (χ2n) is 7.56. The summed E-state index contributed by atoms with van der Waals surface area (Å²) in [5.41, 5.74) is 9.43. The summed E-state index contributed by atoms with van der Waals surface area (Å²) in [6, 6.07) is 4.00. The monoisotopic (exact) mass is 389 g/mol. The van der Waals surface area contributed by atoms with Gasteiger partial charge in [0.2, 0.25) is 11.8 Å². The predicted molar refractivity (Wildman–Crippen MR) is 110 cm³/mol. The first-order valence-electron chi connectivity index (χ1n) is 9.37. The minimum absolute atomic E-state index is 0.232. The number of nitrogen functional groups attached to an aromatic ring is 1. The van der Waals surface area contributed by atoms with E-state index in [0.29, 0.717) is 5.89 Å². The summed E-state index contributed by atoms with van der Waals surface area (Å²) in [6.45, 7) is 6.42. The zero-order valence-electron chi connectivity index (χ0n) is 16.9. The third kappa shape index (κ3) is 3.37. The van der Waals surface area contributed by atoms with Gasteiger partial charge in [-0.2, -0.15) is 5.10 Å². The number of nitrogens with zero attached hydrogens (tertiary/aromatic N) is 6. The van der Waals surface area contributed by atoms with Crippen molar-refractivity contribution in [3.63, 3.8) is 0 Å². The van der Waals surface area contributed by atoms with Crippen LogP contribution in [0.3, 0.4) is 0 Å². The van der Waals surface area contributed by atoms with E-state index in [0.717, 1.165) is 28.1 Å². The molecular weight excluding hydrogens is 366 g/mol. The van der Waals surface area contributed by atoms with Gasteiger partial charge in [-0.1, -0.05) is 19.9 Å². The lowest BCUT2D eigenvalue weighted by Crippen LogP contribution is -2.30. The molecule has 0 radical (unpaired) electrons. The maximum absolute atomic E-state index is 5.93. The van der Waals surface area contributed by atoms with Gasteiger partial charge in [-0.3, -0.25) is 9.67 Å². The molecule has 0 bridgehead atoms. The van der Waals surface area contributed by atoms with Gasteiger partial charge in [-0.05, 0) is 24.5 Å². The average Bonchev–Trinajstić information content (AvgIpc) is 3.37. The molecule has 8 nitrogen and oxygen atoms in total. The van der Waals surface area contributed by atoms with E-state index < -0.39 is 5.41 Å². The first-order valence-corrected chi connectivity index (χ1v) is 9.37. The van der Waals surface area contributed by atoms with Gasteiger partial charge in [0.15, 0.2) is 0 Å². The molecule has 4 rings (SSSR count). The number of hydrogen-bond acceptors (Lipinski definition) is 7. The molecule has 0 saturated carbocycles. The van der Waals surface area contributed by atoms with Crippen molar-refractivity contribution < 1.29 is 4.42 Å². The number of anilines is 1. The second-order valence-corrected chi connectivity index (χ2v) is 7.56. The standard InChI is InChI=1S/C21H23N7O/c1-13(2)21(3,19-27-18(12-29-19)15-9-26-28(4)11-15)16-5-6-17(23-10-16)14-7-24-20(22)25-8-14/h5-13H,1-4H3,(H2,22,24,25). The first-order chi connectivity index (χ1) is 13.9. The molecule has 8 heteroatoms. The van der Waals surface area contributed by atoms with Crippen LogP contribution in [0.5, 0.6) is 0 Å². The van der Waals surface area contributed by atoms with E-state index in [9.17, 15) is 0 Å². The van der Waals surface area contributed by atoms with Crippen LogP contribution in [0.15, 0.2) is 53.8 Å². The van der Waals surface area contributed by atoms with Gasteiger partial charge in [0, 0.05) is 43.0 Å². The van der Waals surface area contributed by atoms with Crippen LogP contribution in [0.2, 0.25) is 0 Å². The van der Waals surface area contributed by atoms with Crippen molar-refractivity contribution in [3.05, 3.63) is 60.8 Å². The van der Waals surface area contributed by atoms with E-state index in [1.807, 2.05) is 31.6 Å². The molecule has 4 heterocycles. The van der Waals surface area contributed by atoms with Gasteiger partial charge in [-0.25, -0.2) is 15.0 Å². The Hall–Kier alpha value is -3.55. The molecule has 0 fully saturated rings. The second kappa shape index (κ2) is 7.12. The normalized spacial score (nSPS) is 13.6. The average molecular weight is 389 g/mol. The van der Waals surface area contributed by atoms with E-state index >= 15 is 0 Å². The summed E-state index contributed by atoms with van der Waals surface area (Å²) in [5.74, 6) is 1.12. The minimum Gasteiger partial charge on any atom is -0.447 e.